The summed E-state index contributed by atoms with van der Waals surface area (Å²) >= 11 is 0. The van der Waals surface area contributed by atoms with Crippen LogP contribution < -0.4 is 4.74 Å². The van der Waals surface area contributed by atoms with Crippen LogP contribution in [0.2, 0.25) is 36.3 Å². The average Bonchev–Trinajstić information content (AvgIpc) is 2.80. The van der Waals surface area contributed by atoms with Crippen molar-refractivity contribution in [1.82, 2.24) is 0 Å². The van der Waals surface area contributed by atoms with E-state index in [0.717, 1.165) is 37.0 Å². The molecule has 214 valence electrons. The molecule has 0 aromatic heterocycles. The highest BCUT2D eigenvalue weighted by atomic mass is 28.4. The minimum absolute atomic E-state index is 0.0534. The zero-order chi connectivity index (χ0) is 28.7. The predicted molar refractivity (Wildman–Crippen MR) is 160 cm³/mol. The number of hydrogen-bond acceptors (Lipinski definition) is 5. The molecule has 7 heteroatoms. The number of carbonyl (C=O) groups is 1. The van der Waals surface area contributed by atoms with Crippen molar-refractivity contribution in [2.75, 3.05) is 13.7 Å². The van der Waals surface area contributed by atoms with Gasteiger partial charge in [0.25, 0.3) is 0 Å². The Balaban J connectivity index is 3.09. The summed E-state index contributed by atoms with van der Waals surface area (Å²) in [5, 5.41) is 0.246. The van der Waals surface area contributed by atoms with Crippen LogP contribution in [0.1, 0.15) is 73.8 Å². The quantitative estimate of drug-likeness (QED) is 0.125. The Kier molecular flexibility index (Phi) is 12.8. The van der Waals surface area contributed by atoms with Gasteiger partial charge in [0.05, 0.1) is 25.9 Å². The third-order valence-corrected chi connectivity index (χ3v) is 17.6. The van der Waals surface area contributed by atoms with Gasteiger partial charge >= 0.3 is 0 Å². The van der Waals surface area contributed by atoms with E-state index in [9.17, 15) is 4.79 Å². The molecule has 4 atom stereocenters. The lowest BCUT2D eigenvalue weighted by Gasteiger charge is -2.43. The number of aldehydes is 1. The van der Waals surface area contributed by atoms with Crippen LogP contribution in [0.5, 0.6) is 5.75 Å². The highest BCUT2D eigenvalue weighted by Crippen LogP contribution is 2.40. The minimum atomic E-state index is -2.08. The largest absolute Gasteiger partial charge is 0.497 e. The summed E-state index contributed by atoms with van der Waals surface area (Å²) in [6, 6.07) is 8.00. The van der Waals surface area contributed by atoms with Crippen molar-refractivity contribution >= 4 is 22.9 Å². The Hall–Kier alpha value is -0.996. The van der Waals surface area contributed by atoms with Gasteiger partial charge in [0.1, 0.15) is 12.0 Å². The van der Waals surface area contributed by atoms with Crippen LogP contribution in [0.4, 0.5) is 0 Å². The molecule has 2 unspecified atom stereocenters. The maximum absolute atomic E-state index is 12.0. The molecule has 37 heavy (non-hydrogen) atoms. The zero-order valence-electron chi connectivity index (χ0n) is 26.1. The van der Waals surface area contributed by atoms with Crippen molar-refractivity contribution in [2.24, 2.45) is 11.8 Å². The predicted octanol–water partition coefficient (Wildman–Crippen LogP) is 8.24. The van der Waals surface area contributed by atoms with E-state index in [2.05, 4.69) is 74.7 Å². The van der Waals surface area contributed by atoms with E-state index in [1.165, 1.54) is 0 Å². The fraction of sp³-hybridized carbons (Fsp3) is 0.767. The molecule has 0 N–H and O–H groups in total. The van der Waals surface area contributed by atoms with Gasteiger partial charge in [-0.25, -0.2) is 0 Å². The molecule has 0 saturated heterocycles. The summed E-state index contributed by atoms with van der Waals surface area (Å²) in [5.41, 5.74) is 1.10. The van der Waals surface area contributed by atoms with Crippen LogP contribution in [0.25, 0.3) is 0 Å². The van der Waals surface area contributed by atoms with E-state index in [0.29, 0.717) is 6.61 Å². The van der Waals surface area contributed by atoms with Crippen LogP contribution in [0.15, 0.2) is 24.3 Å². The Labute approximate surface area is 230 Å². The van der Waals surface area contributed by atoms with Gasteiger partial charge in [0, 0.05) is 18.4 Å². The second-order valence-electron chi connectivity index (χ2n) is 13.6. The van der Waals surface area contributed by atoms with Gasteiger partial charge in [-0.15, -0.1) is 0 Å². The molecule has 0 fully saturated rings. The van der Waals surface area contributed by atoms with E-state index in [-0.39, 0.29) is 34.1 Å². The Morgan fingerprint density at radius 2 is 1.43 bits per heavy atom. The van der Waals surface area contributed by atoms with Crippen molar-refractivity contribution in [3.8, 4) is 5.75 Å². The first-order valence-corrected chi connectivity index (χ1v) is 19.7. The van der Waals surface area contributed by atoms with E-state index in [1.807, 2.05) is 31.2 Å². The standard InChI is InChI=1S/C30H56O5Si2/c1-23(21-31)28(35-37(12,13)30(6,7)8)24(2)27(15-14-20-34-36(10,11)29(3,4)5)33-22-25-16-18-26(32-9)19-17-25/h16-19,21,23-24,27-28H,14-15,20,22H2,1-13H3/t23-,24?,27+,28?/m0/s1. The molecule has 0 aliphatic carbocycles. The number of ether oxygens (including phenoxy) is 2. The zero-order valence-corrected chi connectivity index (χ0v) is 28.1. The van der Waals surface area contributed by atoms with Crippen LogP contribution in [-0.2, 0) is 25.0 Å². The fourth-order valence-corrected chi connectivity index (χ4v) is 6.30. The molecule has 5 nitrogen and oxygen atoms in total. The monoisotopic (exact) mass is 552 g/mol. The van der Waals surface area contributed by atoms with Gasteiger partial charge in [-0.3, -0.25) is 0 Å². The van der Waals surface area contributed by atoms with Crippen LogP contribution in [0, 0.1) is 11.8 Å². The molecule has 1 rings (SSSR count). The van der Waals surface area contributed by atoms with Gasteiger partial charge in [0.15, 0.2) is 16.6 Å². The molecule has 1 aromatic carbocycles. The number of methoxy groups -OCH3 is 1. The first kappa shape index (κ1) is 34.0. The van der Waals surface area contributed by atoms with E-state index in [1.54, 1.807) is 7.11 Å². The van der Waals surface area contributed by atoms with Crippen LogP contribution in [-0.4, -0.2) is 48.8 Å². The summed E-state index contributed by atoms with van der Waals surface area (Å²) in [4.78, 5) is 12.0. The normalized spacial score (nSPS) is 16.7. The number of hydrogen-bond donors (Lipinski definition) is 0. The molecular weight excluding hydrogens is 496 g/mol. The lowest BCUT2D eigenvalue weighted by atomic mass is 9.88. The van der Waals surface area contributed by atoms with E-state index < -0.39 is 16.6 Å². The van der Waals surface area contributed by atoms with E-state index >= 15 is 0 Å². The van der Waals surface area contributed by atoms with Gasteiger partial charge < -0.3 is 23.1 Å². The molecule has 0 saturated carbocycles. The number of carbonyl (C=O) groups excluding carboxylic acids is 1. The number of benzene rings is 1. The molecule has 0 heterocycles. The Morgan fingerprint density at radius 3 is 1.89 bits per heavy atom. The first-order chi connectivity index (χ1) is 16.9. The van der Waals surface area contributed by atoms with Crippen molar-refractivity contribution < 1.29 is 23.1 Å². The molecule has 0 aliphatic heterocycles. The maximum atomic E-state index is 12.0. The highest BCUT2D eigenvalue weighted by Gasteiger charge is 2.43. The van der Waals surface area contributed by atoms with Crippen molar-refractivity contribution in [2.45, 2.75) is 123 Å². The summed E-state index contributed by atoms with van der Waals surface area (Å²) in [6.45, 7) is 28.0. The van der Waals surface area contributed by atoms with Crippen LogP contribution in [0.3, 0.4) is 0 Å². The third kappa shape index (κ3) is 10.2. The van der Waals surface area contributed by atoms with E-state index in [4.69, 9.17) is 18.3 Å². The van der Waals surface area contributed by atoms with Gasteiger partial charge in [-0.05, 0) is 66.8 Å². The van der Waals surface area contributed by atoms with Gasteiger partial charge in [-0.1, -0.05) is 67.5 Å². The molecule has 0 aliphatic rings. The van der Waals surface area contributed by atoms with Crippen LogP contribution >= 0.6 is 0 Å². The average molecular weight is 553 g/mol. The summed E-state index contributed by atoms with van der Waals surface area (Å²) in [6.07, 6.45) is 2.55. The molecule has 0 spiro atoms. The second kappa shape index (κ2) is 13.9. The highest BCUT2D eigenvalue weighted by molar-refractivity contribution is 6.74. The SMILES string of the molecule is COc1ccc(CO[C@H](CCCO[Si](C)(C)C(C)(C)C)C(C)C(O[Si](C)(C)C(C)(C)C)[C@@H](C)C=O)cc1. The summed E-state index contributed by atoms with van der Waals surface area (Å²) in [5.74, 6) is 0.680. The fourth-order valence-electron chi connectivity index (χ4n) is 3.75. The van der Waals surface area contributed by atoms with Gasteiger partial charge in [-0.2, -0.15) is 0 Å². The smallest absolute Gasteiger partial charge is 0.192 e. The van der Waals surface area contributed by atoms with Crippen molar-refractivity contribution in [3.63, 3.8) is 0 Å². The topological polar surface area (TPSA) is 54.0 Å². The molecule has 0 radical (unpaired) electrons. The maximum Gasteiger partial charge on any atom is 0.192 e. The summed E-state index contributed by atoms with van der Waals surface area (Å²) in [7, 11) is -2.21. The minimum Gasteiger partial charge on any atom is -0.497 e. The molecular formula is C30H56O5Si2. The first-order valence-electron chi connectivity index (χ1n) is 13.9. The summed E-state index contributed by atoms with van der Waals surface area (Å²) < 4.78 is 25.2. The lowest BCUT2D eigenvalue weighted by molar-refractivity contribution is -0.116. The molecule has 0 bridgehead atoms. The molecule has 0 amide bonds. The Morgan fingerprint density at radius 1 is 0.892 bits per heavy atom. The van der Waals surface area contributed by atoms with Crippen molar-refractivity contribution in [3.05, 3.63) is 29.8 Å². The van der Waals surface area contributed by atoms with Crippen molar-refractivity contribution in [1.29, 1.82) is 0 Å². The second-order valence-corrected chi connectivity index (χ2v) is 23.2. The molecule has 1 aromatic rings. The third-order valence-electron chi connectivity index (χ3n) is 8.60. The number of rotatable bonds is 15. The lowest BCUT2D eigenvalue weighted by Crippen LogP contribution is -2.49. The Bertz CT molecular complexity index is 809. The van der Waals surface area contributed by atoms with Gasteiger partial charge in [0.2, 0.25) is 0 Å².